The SMILES string of the molecule is CNC(=O)c1ccsc1NC(=O)COc1ccc(F)cc1. The molecule has 5 nitrogen and oxygen atoms in total. The van der Waals surface area contributed by atoms with Crippen LogP contribution in [0.2, 0.25) is 0 Å². The van der Waals surface area contributed by atoms with Gasteiger partial charge in [0.25, 0.3) is 11.8 Å². The first-order chi connectivity index (χ1) is 10.1. The Morgan fingerprint density at radius 1 is 1.24 bits per heavy atom. The second-order valence-corrected chi connectivity index (χ2v) is 4.95. The maximum Gasteiger partial charge on any atom is 0.262 e. The summed E-state index contributed by atoms with van der Waals surface area (Å²) in [6, 6.07) is 6.99. The molecule has 0 fully saturated rings. The Morgan fingerprint density at radius 3 is 2.62 bits per heavy atom. The van der Waals surface area contributed by atoms with E-state index >= 15 is 0 Å². The summed E-state index contributed by atoms with van der Waals surface area (Å²) in [4.78, 5) is 23.3. The number of halogens is 1. The minimum absolute atomic E-state index is 0.225. The number of thiophene rings is 1. The predicted octanol–water partition coefficient (Wildman–Crippen LogP) is 2.26. The molecule has 1 aromatic carbocycles. The van der Waals surface area contributed by atoms with Gasteiger partial charge in [-0.2, -0.15) is 0 Å². The van der Waals surface area contributed by atoms with Crippen LogP contribution in [-0.2, 0) is 4.79 Å². The van der Waals surface area contributed by atoms with Crippen molar-refractivity contribution in [1.29, 1.82) is 0 Å². The molecule has 0 aliphatic carbocycles. The van der Waals surface area contributed by atoms with Crippen molar-refractivity contribution in [2.24, 2.45) is 0 Å². The van der Waals surface area contributed by atoms with Crippen LogP contribution in [0, 0.1) is 5.82 Å². The lowest BCUT2D eigenvalue weighted by molar-refractivity contribution is -0.118. The molecule has 2 N–H and O–H groups in total. The van der Waals surface area contributed by atoms with Gasteiger partial charge in [0.05, 0.1) is 5.56 Å². The van der Waals surface area contributed by atoms with E-state index in [2.05, 4.69) is 10.6 Å². The molecule has 0 aliphatic heterocycles. The van der Waals surface area contributed by atoms with Gasteiger partial charge in [-0.05, 0) is 35.7 Å². The van der Waals surface area contributed by atoms with Crippen LogP contribution in [0.5, 0.6) is 5.75 Å². The van der Waals surface area contributed by atoms with Crippen molar-refractivity contribution in [1.82, 2.24) is 5.32 Å². The number of hydrogen-bond donors (Lipinski definition) is 2. The highest BCUT2D eigenvalue weighted by Gasteiger charge is 2.14. The lowest BCUT2D eigenvalue weighted by atomic mass is 10.3. The second-order valence-electron chi connectivity index (χ2n) is 4.03. The summed E-state index contributed by atoms with van der Waals surface area (Å²) in [6.07, 6.45) is 0. The van der Waals surface area contributed by atoms with Crippen LogP contribution in [-0.4, -0.2) is 25.5 Å². The van der Waals surface area contributed by atoms with E-state index in [1.54, 1.807) is 11.4 Å². The monoisotopic (exact) mass is 308 g/mol. The van der Waals surface area contributed by atoms with Gasteiger partial charge < -0.3 is 15.4 Å². The van der Waals surface area contributed by atoms with Crippen LogP contribution in [0.15, 0.2) is 35.7 Å². The second kappa shape index (κ2) is 6.85. The average Bonchev–Trinajstić information content (AvgIpc) is 2.94. The number of amides is 2. The van der Waals surface area contributed by atoms with Crippen LogP contribution in [0.25, 0.3) is 0 Å². The van der Waals surface area contributed by atoms with Gasteiger partial charge in [0.1, 0.15) is 16.6 Å². The van der Waals surface area contributed by atoms with Crippen molar-refractivity contribution in [3.8, 4) is 5.75 Å². The summed E-state index contributed by atoms with van der Waals surface area (Å²) in [7, 11) is 1.52. The van der Waals surface area contributed by atoms with Crippen LogP contribution in [0.4, 0.5) is 9.39 Å². The fraction of sp³-hybridized carbons (Fsp3) is 0.143. The smallest absolute Gasteiger partial charge is 0.262 e. The first-order valence-electron chi connectivity index (χ1n) is 6.08. The van der Waals surface area contributed by atoms with Crippen molar-refractivity contribution in [3.05, 3.63) is 47.1 Å². The minimum Gasteiger partial charge on any atom is -0.484 e. The van der Waals surface area contributed by atoms with Gasteiger partial charge >= 0.3 is 0 Å². The number of hydrogen-bond acceptors (Lipinski definition) is 4. The zero-order valence-corrected chi connectivity index (χ0v) is 12.0. The summed E-state index contributed by atoms with van der Waals surface area (Å²) < 4.78 is 17.9. The molecule has 2 aromatic rings. The van der Waals surface area contributed by atoms with E-state index in [9.17, 15) is 14.0 Å². The molecule has 0 bridgehead atoms. The maximum absolute atomic E-state index is 12.7. The van der Waals surface area contributed by atoms with E-state index in [-0.39, 0.29) is 18.3 Å². The zero-order valence-electron chi connectivity index (χ0n) is 11.2. The van der Waals surface area contributed by atoms with Gasteiger partial charge in [-0.1, -0.05) is 0 Å². The fourth-order valence-electron chi connectivity index (χ4n) is 1.56. The molecule has 2 rings (SSSR count). The molecular formula is C14H13FN2O3S. The Morgan fingerprint density at radius 2 is 1.95 bits per heavy atom. The third-order valence-corrected chi connectivity index (χ3v) is 3.40. The summed E-state index contributed by atoms with van der Waals surface area (Å²) in [6.45, 7) is -0.225. The van der Waals surface area contributed by atoms with E-state index in [1.165, 1.54) is 42.6 Å². The predicted molar refractivity (Wildman–Crippen MR) is 78.2 cm³/mol. The Bertz CT molecular complexity index is 640. The first kappa shape index (κ1) is 15.0. The Kier molecular flexibility index (Phi) is 4.89. The van der Waals surface area contributed by atoms with Crippen molar-refractivity contribution in [2.45, 2.75) is 0 Å². The van der Waals surface area contributed by atoms with Gasteiger partial charge in [-0.25, -0.2) is 4.39 Å². The molecule has 1 heterocycles. The van der Waals surface area contributed by atoms with Gasteiger partial charge in [0, 0.05) is 7.05 Å². The molecule has 0 spiro atoms. The molecule has 0 radical (unpaired) electrons. The number of anilines is 1. The first-order valence-corrected chi connectivity index (χ1v) is 6.96. The van der Waals surface area contributed by atoms with Crippen LogP contribution < -0.4 is 15.4 Å². The summed E-state index contributed by atoms with van der Waals surface area (Å²) >= 11 is 1.25. The molecule has 21 heavy (non-hydrogen) atoms. The van der Waals surface area contributed by atoms with Gasteiger partial charge in [-0.3, -0.25) is 9.59 Å². The number of ether oxygens (including phenoxy) is 1. The molecular weight excluding hydrogens is 295 g/mol. The molecule has 0 atom stereocenters. The lowest BCUT2D eigenvalue weighted by Gasteiger charge is -2.07. The van der Waals surface area contributed by atoms with Gasteiger partial charge in [0.15, 0.2) is 6.61 Å². The molecule has 7 heteroatoms. The third kappa shape index (κ3) is 4.03. The maximum atomic E-state index is 12.7. The van der Waals surface area contributed by atoms with Crippen molar-refractivity contribution < 1.29 is 18.7 Å². The molecule has 0 saturated heterocycles. The van der Waals surface area contributed by atoms with Crippen LogP contribution in [0.1, 0.15) is 10.4 Å². The number of benzene rings is 1. The molecule has 2 amide bonds. The Labute approximate surface area is 124 Å². The summed E-state index contributed by atoms with van der Waals surface area (Å²) in [5, 5.41) is 7.27. The van der Waals surface area contributed by atoms with Crippen LogP contribution in [0.3, 0.4) is 0 Å². The highest BCUT2D eigenvalue weighted by Crippen LogP contribution is 2.23. The Hall–Kier alpha value is -2.41. The Balaban J connectivity index is 1.92. The molecule has 0 unspecified atom stereocenters. The highest BCUT2D eigenvalue weighted by molar-refractivity contribution is 7.14. The number of rotatable bonds is 5. The number of carbonyl (C=O) groups is 2. The molecule has 0 saturated carbocycles. The lowest BCUT2D eigenvalue weighted by Crippen LogP contribution is -2.23. The summed E-state index contributed by atoms with van der Waals surface area (Å²) in [5.74, 6) is -0.650. The normalized spacial score (nSPS) is 10.0. The topological polar surface area (TPSA) is 67.4 Å². The van der Waals surface area contributed by atoms with E-state index in [4.69, 9.17) is 4.74 Å². The minimum atomic E-state index is -0.396. The van der Waals surface area contributed by atoms with E-state index < -0.39 is 5.91 Å². The molecule has 0 aliphatic rings. The van der Waals surface area contributed by atoms with Crippen molar-refractivity contribution in [2.75, 3.05) is 19.0 Å². The molecule has 110 valence electrons. The number of nitrogens with one attached hydrogen (secondary N) is 2. The van der Waals surface area contributed by atoms with Gasteiger partial charge in [-0.15, -0.1) is 11.3 Å². The average molecular weight is 308 g/mol. The zero-order chi connectivity index (χ0) is 15.2. The summed E-state index contributed by atoms with van der Waals surface area (Å²) in [5.41, 5.74) is 0.401. The van der Waals surface area contributed by atoms with Gasteiger partial charge in [0.2, 0.25) is 0 Å². The number of carbonyl (C=O) groups excluding carboxylic acids is 2. The fourth-order valence-corrected chi connectivity index (χ4v) is 2.36. The standard InChI is InChI=1S/C14H13FN2O3S/c1-16-13(19)11-6-7-21-14(11)17-12(18)8-20-10-4-2-9(15)3-5-10/h2-7H,8H2,1H3,(H,16,19)(H,17,18). The highest BCUT2D eigenvalue weighted by atomic mass is 32.1. The quantitative estimate of drug-likeness (QED) is 0.890. The molecule has 1 aromatic heterocycles. The van der Waals surface area contributed by atoms with Crippen molar-refractivity contribution in [3.63, 3.8) is 0 Å². The largest absolute Gasteiger partial charge is 0.484 e. The van der Waals surface area contributed by atoms with E-state index in [1.807, 2.05) is 0 Å². The third-order valence-electron chi connectivity index (χ3n) is 2.57. The van der Waals surface area contributed by atoms with E-state index in [0.29, 0.717) is 16.3 Å². The van der Waals surface area contributed by atoms with E-state index in [0.717, 1.165) is 0 Å². The van der Waals surface area contributed by atoms with Crippen molar-refractivity contribution >= 4 is 28.2 Å². The van der Waals surface area contributed by atoms with Crippen LogP contribution >= 0.6 is 11.3 Å².